The molecular formula is C15H20F2N2. The quantitative estimate of drug-likeness (QED) is 0.785. The molecule has 1 saturated carbocycles. The molecular weight excluding hydrogens is 246 g/mol. The summed E-state index contributed by atoms with van der Waals surface area (Å²) in [7, 11) is 0. The summed E-state index contributed by atoms with van der Waals surface area (Å²) >= 11 is 0. The third kappa shape index (κ3) is 2.28. The first-order chi connectivity index (χ1) is 9.10. The van der Waals surface area contributed by atoms with Crippen molar-refractivity contribution in [2.24, 2.45) is 5.41 Å². The fourth-order valence-corrected chi connectivity index (χ4v) is 3.72. The normalized spacial score (nSPS) is 22.1. The molecule has 2 aliphatic rings. The van der Waals surface area contributed by atoms with Gasteiger partial charge in [0.1, 0.15) is 5.69 Å². The number of nitrogens with zero attached hydrogens (tertiary/aromatic N) is 1. The van der Waals surface area contributed by atoms with Crippen molar-refractivity contribution < 1.29 is 8.78 Å². The Hall–Kier alpha value is -1.32. The van der Waals surface area contributed by atoms with E-state index in [0.29, 0.717) is 5.41 Å². The van der Waals surface area contributed by atoms with Gasteiger partial charge in [-0.15, -0.1) is 0 Å². The maximum absolute atomic E-state index is 13.9. The van der Waals surface area contributed by atoms with Crippen LogP contribution in [0.3, 0.4) is 0 Å². The molecule has 2 nitrogen and oxygen atoms in total. The molecule has 0 radical (unpaired) electrons. The average molecular weight is 266 g/mol. The number of hydrogen-bond donors (Lipinski definition) is 1. The van der Waals surface area contributed by atoms with Crippen LogP contribution < -0.4 is 10.6 Å². The van der Waals surface area contributed by atoms with Crippen molar-refractivity contribution in [3.63, 3.8) is 0 Å². The lowest BCUT2D eigenvalue weighted by Gasteiger charge is -2.40. The van der Waals surface area contributed by atoms with Crippen LogP contribution >= 0.6 is 0 Å². The lowest BCUT2D eigenvalue weighted by molar-refractivity contribution is 0.225. The molecule has 1 aliphatic heterocycles. The minimum absolute atomic E-state index is 0.0991. The summed E-state index contributed by atoms with van der Waals surface area (Å²) in [6.45, 7) is 1.50. The lowest BCUT2D eigenvalue weighted by Crippen LogP contribution is -2.39. The Balaban J connectivity index is 1.78. The van der Waals surface area contributed by atoms with E-state index in [1.165, 1.54) is 37.8 Å². The van der Waals surface area contributed by atoms with Crippen molar-refractivity contribution in [2.75, 3.05) is 23.7 Å². The van der Waals surface area contributed by atoms with Crippen LogP contribution in [0, 0.1) is 17.0 Å². The first-order valence-electron chi connectivity index (χ1n) is 7.09. The summed E-state index contributed by atoms with van der Waals surface area (Å²) in [6.07, 6.45) is 7.29. The summed E-state index contributed by atoms with van der Waals surface area (Å²) in [6, 6.07) is 2.41. The number of nitrogens with two attached hydrogens (primary N) is 1. The van der Waals surface area contributed by atoms with E-state index in [0.717, 1.165) is 25.9 Å². The fourth-order valence-electron chi connectivity index (χ4n) is 3.72. The molecule has 1 aromatic rings. The second-order valence-electron chi connectivity index (χ2n) is 6.03. The van der Waals surface area contributed by atoms with Gasteiger partial charge in [-0.1, -0.05) is 12.8 Å². The number of rotatable bonds is 1. The van der Waals surface area contributed by atoms with Crippen LogP contribution in [-0.2, 0) is 0 Å². The molecule has 104 valence electrons. The van der Waals surface area contributed by atoms with Crippen molar-refractivity contribution in [3.8, 4) is 0 Å². The molecule has 0 unspecified atom stereocenters. The largest absolute Gasteiger partial charge is 0.399 e. The summed E-state index contributed by atoms with van der Waals surface area (Å²) in [5.41, 5.74) is 6.15. The smallest absolute Gasteiger partial charge is 0.151 e. The van der Waals surface area contributed by atoms with Gasteiger partial charge in [-0.3, -0.25) is 0 Å². The number of hydrogen-bond acceptors (Lipinski definition) is 2. The summed E-state index contributed by atoms with van der Waals surface area (Å²) < 4.78 is 27.8. The molecule has 2 N–H and O–H groups in total. The van der Waals surface area contributed by atoms with Gasteiger partial charge in [0.05, 0.1) is 0 Å². The van der Waals surface area contributed by atoms with Gasteiger partial charge in [0.15, 0.2) is 11.6 Å². The van der Waals surface area contributed by atoms with Crippen LogP contribution in [-0.4, -0.2) is 13.1 Å². The molecule has 1 aliphatic carbocycles. The maximum atomic E-state index is 13.9. The molecule has 0 atom stereocenters. The lowest BCUT2D eigenvalue weighted by atomic mass is 9.77. The van der Waals surface area contributed by atoms with Gasteiger partial charge in [0, 0.05) is 18.8 Å². The van der Waals surface area contributed by atoms with Crippen LogP contribution in [0.1, 0.15) is 38.5 Å². The van der Waals surface area contributed by atoms with Crippen molar-refractivity contribution >= 4 is 11.4 Å². The van der Waals surface area contributed by atoms with E-state index in [1.807, 2.05) is 4.90 Å². The third-order valence-electron chi connectivity index (χ3n) is 4.84. The second-order valence-corrected chi connectivity index (χ2v) is 6.03. The molecule has 0 amide bonds. The zero-order valence-corrected chi connectivity index (χ0v) is 11.1. The fraction of sp³-hybridized carbons (Fsp3) is 0.600. The number of benzene rings is 1. The van der Waals surface area contributed by atoms with E-state index in [-0.39, 0.29) is 11.4 Å². The van der Waals surface area contributed by atoms with Gasteiger partial charge in [-0.2, -0.15) is 0 Å². The molecule has 3 rings (SSSR count). The molecule has 1 heterocycles. The zero-order valence-electron chi connectivity index (χ0n) is 11.1. The van der Waals surface area contributed by atoms with Gasteiger partial charge >= 0.3 is 0 Å². The van der Waals surface area contributed by atoms with Gasteiger partial charge in [0.2, 0.25) is 0 Å². The Morgan fingerprint density at radius 3 is 2.00 bits per heavy atom. The van der Waals surface area contributed by atoms with Crippen LogP contribution in [0.25, 0.3) is 0 Å². The van der Waals surface area contributed by atoms with Gasteiger partial charge in [0.25, 0.3) is 0 Å². The summed E-state index contributed by atoms with van der Waals surface area (Å²) in [4.78, 5) is 1.84. The highest BCUT2D eigenvalue weighted by molar-refractivity contribution is 5.56. The van der Waals surface area contributed by atoms with E-state index in [2.05, 4.69) is 0 Å². The number of piperidine rings is 1. The number of halogens is 2. The van der Waals surface area contributed by atoms with Crippen molar-refractivity contribution in [3.05, 3.63) is 23.8 Å². The van der Waals surface area contributed by atoms with Crippen molar-refractivity contribution in [1.29, 1.82) is 0 Å². The van der Waals surface area contributed by atoms with E-state index in [9.17, 15) is 8.78 Å². The molecule has 0 bridgehead atoms. The maximum Gasteiger partial charge on any atom is 0.151 e. The summed E-state index contributed by atoms with van der Waals surface area (Å²) in [5.74, 6) is -1.08. The van der Waals surface area contributed by atoms with E-state index in [4.69, 9.17) is 5.73 Å². The molecule has 4 heteroatoms. The minimum atomic E-state index is -0.542. The van der Waals surface area contributed by atoms with Crippen molar-refractivity contribution in [1.82, 2.24) is 0 Å². The molecule has 1 aromatic carbocycles. The molecule has 19 heavy (non-hydrogen) atoms. The van der Waals surface area contributed by atoms with Gasteiger partial charge in [-0.25, -0.2) is 8.78 Å². The Morgan fingerprint density at radius 1 is 0.947 bits per heavy atom. The predicted molar refractivity (Wildman–Crippen MR) is 73.1 cm³/mol. The monoisotopic (exact) mass is 266 g/mol. The van der Waals surface area contributed by atoms with Crippen LogP contribution in [0.2, 0.25) is 0 Å². The topological polar surface area (TPSA) is 29.3 Å². The highest BCUT2D eigenvalue weighted by Crippen LogP contribution is 2.47. The standard InChI is InChI=1S/C15H20F2N2/c16-12-9-11(18)10-13(17)14(12)19-7-5-15(6-8-19)3-1-2-4-15/h9-10H,1-8,18H2. The van der Waals surface area contributed by atoms with Crippen LogP contribution in [0.15, 0.2) is 12.1 Å². The Morgan fingerprint density at radius 2 is 1.47 bits per heavy atom. The predicted octanol–water partition coefficient (Wildman–Crippen LogP) is 3.71. The average Bonchev–Trinajstić information content (AvgIpc) is 2.79. The Labute approximate surface area is 112 Å². The highest BCUT2D eigenvalue weighted by atomic mass is 19.1. The highest BCUT2D eigenvalue weighted by Gasteiger charge is 2.37. The van der Waals surface area contributed by atoms with E-state index in [1.54, 1.807) is 0 Å². The molecule has 1 spiro atoms. The van der Waals surface area contributed by atoms with Crippen LogP contribution in [0.4, 0.5) is 20.2 Å². The van der Waals surface area contributed by atoms with Gasteiger partial charge < -0.3 is 10.6 Å². The first kappa shape index (κ1) is 12.7. The molecule has 2 fully saturated rings. The van der Waals surface area contributed by atoms with E-state index >= 15 is 0 Å². The third-order valence-corrected chi connectivity index (χ3v) is 4.84. The van der Waals surface area contributed by atoms with Gasteiger partial charge in [-0.05, 0) is 43.2 Å². The number of anilines is 2. The minimum Gasteiger partial charge on any atom is -0.399 e. The second kappa shape index (κ2) is 4.66. The Kier molecular flexibility index (Phi) is 3.11. The molecule has 1 saturated heterocycles. The number of nitrogen functional groups attached to an aromatic ring is 1. The molecule has 0 aromatic heterocycles. The van der Waals surface area contributed by atoms with E-state index < -0.39 is 11.6 Å². The summed E-state index contributed by atoms with van der Waals surface area (Å²) in [5, 5.41) is 0. The SMILES string of the molecule is Nc1cc(F)c(N2CCC3(CCCC3)CC2)c(F)c1. The Bertz CT molecular complexity index is 448. The first-order valence-corrected chi connectivity index (χ1v) is 7.09. The van der Waals surface area contributed by atoms with Crippen LogP contribution in [0.5, 0.6) is 0 Å². The zero-order chi connectivity index (χ0) is 13.5. The van der Waals surface area contributed by atoms with Crippen molar-refractivity contribution in [2.45, 2.75) is 38.5 Å².